The monoisotopic (exact) mass is 564 g/mol. The van der Waals surface area contributed by atoms with E-state index in [9.17, 15) is 24.0 Å². The van der Waals surface area contributed by atoms with E-state index >= 15 is 0 Å². The summed E-state index contributed by atoms with van der Waals surface area (Å²) in [6, 6.07) is 9.33. The van der Waals surface area contributed by atoms with Crippen LogP contribution in [0.1, 0.15) is 51.3 Å². The molecular weight excluding hydrogens is 536 g/mol. The fraction of sp³-hybridized carbons (Fsp3) is 0.346. The van der Waals surface area contributed by atoms with Gasteiger partial charge in [-0.1, -0.05) is 23.7 Å². The minimum absolute atomic E-state index is 0.0316. The zero-order valence-electron chi connectivity index (χ0n) is 21.2. The van der Waals surface area contributed by atoms with Crippen LogP contribution in [-0.4, -0.2) is 67.6 Å². The molecule has 2 rings (SSSR count). The van der Waals surface area contributed by atoms with Crippen LogP contribution in [0.2, 0.25) is 5.02 Å². The van der Waals surface area contributed by atoms with Gasteiger partial charge in [-0.2, -0.15) is 11.8 Å². The van der Waals surface area contributed by atoms with E-state index in [1.807, 2.05) is 6.26 Å². The molecule has 0 aliphatic carbocycles. The van der Waals surface area contributed by atoms with Crippen molar-refractivity contribution in [1.82, 2.24) is 5.32 Å². The van der Waals surface area contributed by atoms with Gasteiger partial charge in [-0.05, 0) is 62.6 Å². The second-order valence-electron chi connectivity index (χ2n) is 7.68. The first-order chi connectivity index (χ1) is 18.2. The Morgan fingerprint density at radius 3 is 2.08 bits per heavy atom. The lowest BCUT2D eigenvalue weighted by molar-refractivity contribution is -0.149. The first-order valence-corrected chi connectivity index (χ1v) is 13.5. The van der Waals surface area contributed by atoms with Gasteiger partial charge >= 0.3 is 17.9 Å². The third kappa shape index (κ3) is 9.38. The fourth-order valence-electron chi connectivity index (χ4n) is 3.16. The molecule has 12 heteroatoms. The molecule has 38 heavy (non-hydrogen) atoms. The lowest BCUT2D eigenvalue weighted by atomic mass is 10.1. The predicted octanol–water partition coefficient (Wildman–Crippen LogP) is 3.73. The second-order valence-corrected chi connectivity index (χ2v) is 9.08. The number of thioether (sulfide) groups is 1. The van der Waals surface area contributed by atoms with Crippen LogP contribution in [0, 0.1) is 0 Å². The number of halogens is 1. The molecule has 0 bridgehead atoms. The number of carbonyl (C=O) groups excluding carboxylic acids is 5. The molecule has 0 saturated heterocycles. The Hall–Kier alpha value is -3.57. The topological polar surface area (TPSA) is 137 Å². The summed E-state index contributed by atoms with van der Waals surface area (Å²) in [6.07, 6.45) is 2.11. The molecule has 0 aliphatic heterocycles. The molecule has 204 valence electrons. The minimum Gasteiger partial charge on any atom is -0.462 e. The van der Waals surface area contributed by atoms with Crippen molar-refractivity contribution in [2.45, 2.75) is 26.3 Å². The predicted molar refractivity (Wildman–Crippen MR) is 144 cm³/mol. The van der Waals surface area contributed by atoms with Gasteiger partial charge in [0.2, 0.25) is 0 Å². The fourth-order valence-corrected chi connectivity index (χ4v) is 3.86. The van der Waals surface area contributed by atoms with Crippen molar-refractivity contribution in [2.24, 2.45) is 0 Å². The Labute approximate surface area is 229 Å². The maximum absolute atomic E-state index is 12.7. The Balaban J connectivity index is 2.09. The molecule has 2 aromatic carbocycles. The number of carbonyl (C=O) groups is 5. The number of amides is 2. The molecule has 1 unspecified atom stereocenters. The highest BCUT2D eigenvalue weighted by Gasteiger charge is 2.24. The van der Waals surface area contributed by atoms with Crippen LogP contribution < -0.4 is 10.6 Å². The number of hydrogen-bond donors (Lipinski definition) is 2. The molecule has 0 aromatic heterocycles. The van der Waals surface area contributed by atoms with Crippen molar-refractivity contribution in [2.75, 3.05) is 37.1 Å². The third-order valence-corrected chi connectivity index (χ3v) is 5.88. The van der Waals surface area contributed by atoms with Crippen molar-refractivity contribution >= 4 is 58.8 Å². The first kappa shape index (κ1) is 30.7. The Morgan fingerprint density at radius 2 is 1.53 bits per heavy atom. The Bertz CT molecular complexity index is 1140. The van der Waals surface area contributed by atoms with Gasteiger partial charge in [0, 0.05) is 5.69 Å². The molecule has 2 amide bonds. The van der Waals surface area contributed by atoms with Crippen LogP contribution in [0.15, 0.2) is 42.5 Å². The van der Waals surface area contributed by atoms with Crippen molar-refractivity contribution in [3.8, 4) is 0 Å². The summed E-state index contributed by atoms with van der Waals surface area (Å²) in [7, 11) is 0. The van der Waals surface area contributed by atoms with Crippen molar-refractivity contribution in [3.05, 3.63) is 64.2 Å². The van der Waals surface area contributed by atoms with Crippen LogP contribution in [0.25, 0.3) is 0 Å². The summed E-state index contributed by atoms with van der Waals surface area (Å²) in [5, 5.41) is 5.32. The second kappa shape index (κ2) is 15.6. The van der Waals surface area contributed by atoms with Crippen LogP contribution in [0.5, 0.6) is 0 Å². The molecule has 10 nitrogen and oxygen atoms in total. The van der Waals surface area contributed by atoms with E-state index in [0.29, 0.717) is 5.75 Å². The summed E-state index contributed by atoms with van der Waals surface area (Å²) in [5.74, 6) is -2.91. The quantitative estimate of drug-likeness (QED) is 0.275. The summed E-state index contributed by atoms with van der Waals surface area (Å²) in [6.45, 7) is 2.82. The molecule has 2 aromatic rings. The zero-order valence-corrected chi connectivity index (χ0v) is 22.8. The molecule has 0 heterocycles. The molecule has 2 N–H and O–H groups in total. The smallest absolute Gasteiger partial charge is 0.338 e. The van der Waals surface area contributed by atoms with Gasteiger partial charge in [-0.15, -0.1) is 0 Å². The average Bonchev–Trinajstić information content (AvgIpc) is 2.89. The van der Waals surface area contributed by atoms with E-state index in [2.05, 4.69) is 10.6 Å². The zero-order chi connectivity index (χ0) is 28.1. The molecule has 0 fully saturated rings. The highest BCUT2D eigenvalue weighted by atomic mass is 35.5. The number of hydrogen-bond acceptors (Lipinski definition) is 9. The van der Waals surface area contributed by atoms with E-state index < -0.39 is 42.4 Å². The SMILES string of the molecule is CCOC(=O)c1cc(NC(=O)COC(=O)C(CCSC)NC(=O)c2ccccc2Cl)cc(C(=O)OCC)c1. The normalized spacial score (nSPS) is 11.2. The molecule has 0 spiro atoms. The highest BCUT2D eigenvalue weighted by molar-refractivity contribution is 7.98. The van der Waals surface area contributed by atoms with E-state index in [0.717, 1.165) is 0 Å². The minimum atomic E-state index is -1.01. The van der Waals surface area contributed by atoms with Gasteiger partial charge in [0.15, 0.2) is 6.61 Å². The van der Waals surface area contributed by atoms with Crippen LogP contribution in [-0.2, 0) is 23.8 Å². The van der Waals surface area contributed by atoms with Gasteiger partial charge in [0.25, 0.3) is 11.8 Å². The summed E-state index contributed by atoms with van der Waals surface area (Å²) in [4.78, 5) is 62.3. The van der Waals surface area contributed by atoms with Gasteiger partial charge in [-0.3, -0.25) is 9.59 Å². The summed E-state index contributed by atoms with van der Waals surface area (Å²) < 4.78 is 15.1. The summed E-state index contributed by atoms with van der Waals surface area (Å²) >= 11 is 7.54. The van der Waals surface area contributed by atoms with Crippen molar-refractivity contribution < 1.29 is 38.2 Å². The number of benzene rings is 2. The van der Waals surface area contributed by atoms with Crippen LogP contribution in [0.3, 0.4) is 0 Å². The Kier molecular flexibility index (Phi) is 12.6. The molecule has 0 saturated carbocycles. The van der Waals surface area contributed by atoms with Gasteiger partial charge < -0.3 is 24.8 Å². The van der Waals surface area contributed by atoms with Gasteiger partial charge in [0.1, 0.15) is 6.04 Å². The average molecular weight is 565 g/mol. The molecule has 1 atom stereocenters. The lowest BCUT2D eigenvalue weighted by Gasteiger charge is -2.18. The lowest BCUT2D eigenvalue weighted by Crippen LogP contribution is -2.43. The number of ether oxygens (including phenoxy) is 3. The van der Waals surface area contributed by atoms with Crippen molar-refractivity contribution in [3.63, 3.8) is 0 Å². The van der Waals surface area contributed by atoms with E-state index in [1.54, 1.807) is 32.0 Å². The largest absolute Gasteiger partial charge is 0.462 e. The maximum Gasteiger partial charge on any atom is 0.338 e. The summed E-state index contributed by atoms with van der Waals surface area (Å²) in [5.41, 5.74) is 0.367. The van der Waals surface area contributed by atoms with Gasteiger partial charge in [-0.25, -0.2) is 14.4 Å². The standard InChI is InChI=1S/C26H29ClN2O8S/c1-4-35-24(32)16-12-17(25(33)36-5-2)14-18(13-16)28-22(30)15-37-26(34)21(10-11-38-3)29-23(31)19-8-6-7-9-20(19)27/h6-9,12-14,21H,4-5,10-11,15H2,1-3H3,(H,28,30)(H,29,31). The van der Waals surface area contributed by atoms with E-state index in [4.69, 9.17) is 25.8 Å². The number of rotatable bonds is 13. The van der Waals surface area contributed by atoms with Gasteiger partial charge in [0.05, 0.1) is 34.9 Å². The van der Waals surface area contributed by atoms with Crippen LogP contribution in [0.4, 0.5) is 5.69 Å². The molecule has 0 radical (unpaired) electrons. The van der Waals surface area contributed by atoms with E-state index in [1.165, 1.54) is 36.0 Å². The molecule has 0 aliphatic rings. The van der Waals surface area contributed by atoms with Crippen molar-refractivity contribution in [1.29, 1.82) is 0 Å². The Morgan fingerprint density at radius 1 is 0.921 bits per heavy atom. The number of esters is 3. The third-order valence-electron chi connectivity index (χ3n) is 4.90. The van der Waals surface area contributed by atoms with Crippen LogP contribution >= 0.6 is 23.4 Å². The highest BCUT2D eigenvalue weighted by Crippen LogP contribution is 2.18. The number of nitrogens with one attached hydrogen (secondary N) is 2. The molecular formula is C26H29ClN2O8S. The number of anilines is 1. The first-order valence-electron chi connectivity index (χ1n) is 11.7. The van der Waals surface area contributed by atoms with E-state index in [-0.39, 0.29) is 47.0 Å². The maximum atomic E-state index is 12.7.